The molecule has 0 radical (unpaired) electrons. The summed E-state index contributed by atoms with van der Waals surface area (Å²) < 4.78 is 56.6. The van der Waals surface area contributed by atoms with E-state index in [0.717, 1.165) is 31.4 Å². The normalized spacial score (nSPS) is 26.7. The number of methoxy groups -OCH3 is 2. The van der Waals surface area contributed by atoms with Crippen LogP contribution in [0.2, 0.25) is 0 Å². The Hall–Kier alpha value is -3.92. The van der Waals surface area contributed by atoms with Gasteiger partial charge in [0.25, 0.3) is 0 Å². The van der Waals surface area contributed by atoms with Gasteiger partial charge in [-0.15, -0.1) is 0 Å². The molecule has 4 atom stereocenters. The van der Waals surface area contributed by atoms with E-state index in [1.807, 2.05) is 0 Å². The van der Waals surface area contributed by atoms with Crippen LogP contribution in [-0.2, 0) is 31.7 Å². The van der Waals surface area contributed by atoms with Crippen molar-refractivity contribution in [1.29, 1.82) is 0 Å². The van der Waals surface area contributed by atoms with E-state index in [2.05, 4.69) is 4.98 Å². The van der Waals surface area contributed by atoms with Gasteiger partial charge in [0.15, 0.2) is 5.60 Å². The lowest BCUT2D eigenvalue weighted by atomic mass is 9.75. The minimum Gasteiger partial charge on any atom is -0.495 e. The molecule has 36 heavy (non-hydrogen) atoms. The summed E-state index contributed by atoms with van der Waals surface area (Å²) in [6.45, 7) is 0. The maximum absolute atomic E-state index is 14.3. The number of Topliss-reactive ketones (excluding diaryl/α,β-unsaturated/α-hetero) is 1. The molecule has 1 saturated carbocycles. The number of esters is 1. The zero-order chi connectivity index (χ0) is 25.9. The van der Waals surface area contributed by atoms with E-state index in [-0.39, 0.29) is 22.6 Å². The first-order valence-electron chi connectivity index (χ1n) is 10.9. The van der Waals surface area contributed by atoms with E-state index in [0.29, 0.717) is 5.56 Å². The van der Waals surface area contributed by atoms with Crippen LogP contribution in [0, 0.1) is 5.92 Å². The molecule has 1 aliphatic heterocycles. The number of carbonyl (C=O) groups is 2. The Kier molecular flexibility index (Phi) is 5.33. The minimum absolute atomic E-state index is 0.00647. The van der Waals surface area contributed by atoms with Crippen LogP contribution in [-0.4, -0.2) is 36.1 Å². The van der Waals surface area contributed by atoms with Crippen molar-refractivity contribution in [2.75, 3.05) is 14.2 Å². The topological polar surface area (TPSA) is 95.0 Å². The maximum Gasteiger partial charge on any atom is 0.416 e. The Morgan fingerprint density at radius 1 is 1.06 bits per heavy atom. The molecule has 1 fully saturated rings. The number of alkyl halides is 3. The van der Waals surface area contributed by atoms with Gasteiger partial charge in [-0.2, -0.15) is 13.2 Å². The predicted molar refractivity (Wildman–Crippen MR) is 118 cm³/mol. The zero-order valence-electron chi connectivity index (χ0n) is 19.1. The first kappa shape index (κ1) is 23.8. The van der Waals surface area contributed by atoms with E-state index in [9.17, 15) is 27.9 Å². The van der Waals surface area contributed by atoms with Gasteiger partial charge in [-0.1, -0.05) is 42.5 Å². The Bertz CT molecular complexity index is 1340. The molecule has 2 heterocycles. The van der Waals surface area contributed by atoms with Crippen molar-refractivity contribution in [1.82, 2.24) is 4.98 Å². The molecule has 1 aromatic heterocycles. The molecule has 0 saturated heterocycles. The third-order valence-electron chi connectivity index (χ3n) is 6.91. The molecule has 7 nitrogen and oxygen atoms in total. The van der Waals surface area contributed by atoms with Crippen LogP contribution in [0.4, 0.5) is 13.2 Å². The number of aromatic nitrogens is 1. The smallest absolute Gasteiger partial charge is 0.416 e. The number of ether oxygens (including phenoxy) is 3. The SMILES string of the molecule is COC(=O)[C@@H]1C(c2ccccc2)[C@@]2(c3ccc(C(F)(F)F)cc3)Oc3cncc(OC)c3[C@@]1(O)C2=O. The molecule has 5 rings (SSSR count). The average molecular weight is 499 g/mol. The molecule has 2 bridgehead atoms. The number of halogens is 3. The van der Waals surface area contributed by atoms with Crippen LogP contribution in [0.25, 0.3) is 0 Å². The van der Waals surface area contributed by atoms with Gasteiger partial charge in [-0.3, -0.25) is 14.6 Å². The summed E-state index contributed by atoms with van der Waals surface area (Å²) in [5.74, 6) is -4.54. The van der Waals surface area contributed by atoms with E-state index in [4.69, 9.17) is 14.2 Å². The van der Waals surface area contributed by atoms with Crippen LogP contribution in [0.15, 0.2) is 67.0 Å². The highest BCUT2D eigenvalue weighted by Gasteiger charge is 2.77. The Balaban J connectivity index is 1.86. The second-order valence-electron chi connectivity index (χ2n) is 8.61. The highest BCUT2D eigenvalue weighted by molar-refractivity contribution is 6.07. The Labute approximate surface area is 203 Å². The monoisotopic (exact) mass is 499 g/mol. The minimum atomic E-state index is -4.61. The summed E-state index contributed by atoms with van der Waals surface area (Å²) in [4.78, 5) is 31.6. The molecular formula is C26H20F3NO6. The fraction of sp³-hybridized carbons (Fsp3) is 0.269. The van der Waals surface area contributed by atoms with E-state index in [1.165, 1.54) is 19.5 Å². The highest BCUT2D eigenvalue weighted by atomic mass is 19.4. The summed E-state index contributed by atoms with van der Waals surface area (Å²) in [5, 5.41) is 12.1. The molecule has 2 aromatic carbocycles. The highest BCUT2D eigenvalue weighted by Crippen LogP contribution is 2.65. The molecule has 1 unspecified atom stereocenters. The van der Waals surface area contributed by atoms with Crippen molar-refractivity contribution in [3.8, 4) is 11.5 Å². The summed E-state index contributed by atoms with van der Waals surface area (Å²) in [7, 11) is 2.43. The maximum atomic E-state index is 14.3. The van der Waals surface area contributed by atoms with Crippen molar-refractivity contribution in [3.63, 3.8) is 0 Å². The lowest BCUT2D eigenvalue weighted by Gasteiger charge is -2.39. The number of aliphatic hydroxyl groups is 1. The number of nitrogens with zero attached hydrogens (tertiary/aromatic N) is 1. The molecule has 0 spiro atoms. The predicted octanol–water partition coefficient (Wildman–Crippen LogP) is 3.74. The molecular weight excluding hydrogens is 479 g/mol. The number of ketones is 1. The second kappa shape index (κ2) is 8.06. The molecule has 0 amide bonds. The van der Waals surface area contributed by atoms with Gasteiger partial charge in [0.2, 0.25) is 11.4 Å². The zero-order valence-corrected chi connectivity index (χ0v) is 19.1. The standard InChI is InChI=1S/C26H20F3NO6/c1-34-17-12-30-13-18-20(17)24(33)21(22(31)35-2)19(14-6-4-3-5-7-14)25(36-18,23(24)32)15-8-10-16(11-9-15)26(27,28)29/h3-13,19,21,33H,1-2H3/t19?,21-,24-,25+/m0/s1. The van der Waals surface area contributed by atoms with Gasteiger partial charge in [-0.25, -0.2) is 0 Å². The number of hydrogen-bond donors (Lipinski definition) is 1. The third kappa shape index (κ3) is 3.07. The van der Waals surface area contributed by atoms with Gasteiger partial charge < -0.3 is 19.3 Å². The fourth-order valence-corrected chi connectivity index (χ4v) is 5.42. The van der Waals surface area contributed by atoms with Crippen LogP contribution < -0.4 is 9.47 Å². The summed E-state index contributed by atoms with van der Waals surface area (Å²) in [6, 6.07) is 12.3. The molecule has 186 valence electrons. The van der Waals surface area contributed by atoms with Gasteiger partial charge in [0, 0.05) is 5.56 Å². The number of carbonyl (C=O) groups excluding carboxylic acids is 2. The van der Waals surface area contributed by atoms with Crippen molar-refractivity contribution >= 4 is 11.8 Å². The number of rotatable bonds is 4. The number of fused-ring (bicyclic) bond motifs is 4. The van der Waals surface area contributed by atoms with Crippen LogP contribution in [0.3, 0.4) is 0 Å². The Morgan fingerprint density at radius 3 is 2.31 bits per heavy atom. The average Bonchev–Trinajstić information content (AvgIpc) is 3.00. The van der Waals surface area contributed by atoms with Crippen LogP contribution in [0.1, 0.15) is 28.2 Å². The van der Waals surface area contributed by atoms with Crippen molar-refractivity contribution in [2.45, 2.75) is 23.3 Å². The third-order valence-corrected chi connectivity index (χ3v) is 6.91. The van der Waals surface area contributed by atoms with Crippen molar-refractivity contribution < 1.29 is 42.1 Å². The van der Waals surface area contributed by atoms with Crippen molar-refractivity contribution in [3.05, 3.63) is 89.2 Å². The van der Waals surface area contributed by atoms with Gasteiger partial charge >= 0.3 is 12.1 Å². The lowest BCUT2D eigenvalue weighted by Crippen LogP contribution is -2.51. The summed E-state index contributed by atoms with van der Waals surface area (Å²) >= 11 is 0. The van der Waals surface area contributed by atoms with Crippen LogP contribution >= 0.6 is 0 Å². The first-order valence-corrected chi connectivity index (χ1v) is 10.9. The van der Waals surface area contributed by atoms with E-state index in [1.54, 1.807) is 30.3 Å². The lowest BCUT2D eigenvalue weighted by molar-refractivity contribution is -0.162. The Morgan fingerprint density at radius 2 is 1.72 bits per heavy atom. The van der Waals surface area contributed by atoms with Gasteiger partial charge in [0.1, 0.15) is 17.4 Å². The number of benzene rings is 2. The largest absolute Gasteiger partial charge is 0.495 e. The molecule has 1 N–H and O–H groups in total. The second-order valence-corrected chi connectivity index (χ2v) is 8.61. The molecule has 2 aliphatic rings. The van der Waals surface area contributed by atoms with Gasteiger partial charge in [-0.05, 0) is 17.7 Å². The molecule has 10 heteroatoms. The van der Waals surface area contributed by atoms with E-state index < -0.39 is 46.5 Å². The number of pyridine rings is 1. The summed E-state index contributed by atoms with van der Waals surface area (Å²) in [5.41, 5.74) is -5.10. The number of hydrogen-bond acceptors (Lipinski definition) is 7. The van der Waals surface area contributed by atoms with Crippen molar-refractivity contribution in [2.24, 2.45) is 5.92 Å². The van der Waals surface area contributed by atoms with E-state index >= 15 is 0 Å². The van der Waals surface area contributed by atoms with Gasteiger partial charge in [0.05, 0.1) is 43.7 Å². The quantitative estimate of drug-likeness (QED) is 0.547. The molecule has 3 aromatic rings. The first-order chi connectivity index (χ1) is 17.1. The molecule has 1 aliphatic carbocycles. The van der Waals surface area contributed by atoms with Crippen LogP contribution in [0.5, 0.6) is 11.5 Å². The fourth-order valence-electron chi connectivity index (χ4n) is 5.42. The summed E-state index contributed by atoms with van der Waals surface area (Å²) in [6.07, 6.45) is -2.08.